The van der Waals surface area contributed by atoms with Crippen LogP contribution in [0.15, 0.2) is 47.0 Å². The topological polar surface area (TPSA) is 101 Å². The van der Waals surface area contributed by atoms with E-state index in [0.717, 1.165) is 0 Å². The standard InChI is InChI=1S/C24H24N2O6S/c1-29-15-6-8-19(30-2)17(10-15)16-11-22(27)26-23(18(16)12-25)33-13-24(26,28)14-5-7-20(31-3)21(9-14)32-4/h5-10,16,28H,11,13H2,1-4H3. The van der Waals surface area contributed by atoms with E-state index in [1.54, 1.807) is 50.6 Å². The summed E-state index contributed by atoms with van der Waals surface area (Å²) in [5.41, 5.74) is -0.0494. The predicted molar refractivity (Wildman–Crippen MR) is 122 cm³/mol. The molecule has 2 unspecified atom stereocenters. The number of fused-ring (bicyclic) bond motifs is 1. The third kappa shape index (κ3) is 3.65. The predicted octanol–water partition coefficient (Wildman–Crippen LogP) is 3.36. The number of allylic oxidation sites excluding steroid dienone is 1. The number of rotatable bonds is 6. The Bertz CT molecular complexity index is 1170. The minimum absolute atomic E-state index is 0.00603. The van der Waals surface area contributed by atoms with Crippen LogP contribution in [0.3, 0.4) is 0 Å². The summed E-state index contributed by atoms with van der Waals surface area (Å²) in [6.45, 7) is 0. The monoisotopic (exact) mass is 468 g/mol. The van der Waals surface area contributed by atoms with Gasteiger partial charge in [-0.1, -0.05) is 6.07 Å². The van der Waals surface area contributed by atoms with Crippen LogP contribution in [0, 0.1) is 11.3 Å². The van der Waals surface area contributed by atoms with E-state index in [1.165, 1.54) is 30.9 Å². The zero-order valence-corrected chi connectivity index (χ0v) is 19.6. The summed E-state index contributed by atoms with van der Waals surface area (Å²) >= 11 is 1.28. The number of benzene rings is 2. The number of carbonyl (C=O) groups excluding carboxylic acids is 1. The molecular formula is C24H24N2O6S. The van der Waals surface area contributed by atoms with Crippen molar-refractivity contribution in [2.45, 2.75) is 18.1 Å². The first-order valence-corrected chi connectivity index (χ1v) is 11.2. The highest BCUT2D eigenvalue weighted by Crippen LogP contribution is 2.53. The fourth-order valence-electron chi connectivity index (χ4n) is 4.30. The van der Waals surface area contributed by atoms with Crippen LogP contribution in [0.2, 0.25) is 0 Å². The number of carbonyl (C=O) groups is 1. The number of hydrogen-bond acceptors (Lipinski definition) is 8. The summed E-state index contributed by atoms with van der Waals surface area (Å²) in [5, 5.41) is 22.2. The quantitative estimate of drug-likeness (QED) is 0.689. The van der Waals surface area contributed by atoms with Gasteiger partial charge < -0.3 is 24.1 Å². The Labute approximate surface area is 196 Å². The molecule has 8 nitrogen and oxygen atoms in total. The molecule has 2 atom stereocenters. The molecule has 9 heteroatoms. The highest BCUT2D eigenvalue weighted by atomic mass is 32.2. The number of aliphatic hydroxyl groups is 1. The average Bonchev–Trinajstić information content (AvgIpc) is 3.21. The average molecular weight is 469 g/mol. The van der Waals surface area contributed by atoms with Gasteiger partial charge in [0.05, 0.1) is 50.9 Å². The summed E-state index contributed by atoms with van der Waals surface area (Å²) in [5.74, 6) is 1.49. The molecule has 0 radical (unpaired) electrons. The van der Waals surface area contributed by atoms with Crippen molar-refractivity contribution >= 4 is 17.7 Å². The fraction of sp³-hybridized carbons (Fsp3) is 0.333. The summed E-state index contributed by atoms with van der Waals surface area (Å²) in [7, 11) is 6.13. The van der Waals surface area contributed by atoms with E-state index >= 15 is 0 Å². The molecule has 1 N–H and O–H groups in total. The molecule has 0 aromatic heterocycles. The maximum Gasteiger partial charge on any atom is 0.231 e. The highest BCUT2D eigenvalue weighted by molar-refractivity contribution is 8.03. The number of amides is 1. The van der Waals surface area contributed by atoms with E-state index in [-0.39, 0.29) is 18.1 Å². The Morgan fingerprint density at radius 3 is 2.36 bits per heavy atom. The summed E-state index contributed by atoms with van der Waals surface area (Å²) in [6.07, 6.45) is 0.00603. The van der Waals surface area contributed by atoms with Crippen LogP contribution in [0.4, 0.5) is 0 Å². The van der Waals surface area contributed by atoms with Gasteiger partial charge >= 0.3 is 0 Å². The van der Waals surface area contributed by atoms with E-state index < -0.39 is 11.6 Å². The van der Waals surface area contributed by atoms with Crippen LogP contribution in [0.1, 0.15) is 23.5 Å². The zero-order valence-electron chi connectivity index (χ0n) is 18.7. The van der Waals surface area contributed by atoms with Crippen LogP contribution in [0.5, 0.6) is 23.0 Å². The van der Waals surface area contributed by atoms with Crippen molar-refractivity contribution in [1.82, 2.24) is 4.90 Å². The zero-order chi connectivity index (χ0) is 23.8. The number of nitriles is 1. The Hall–Kier alpha value is -3.35. The molecule has 2 aliphatic rings. The molecule has 2 aromatic rings. The van der Waals surface area contributed by atoms with Gasteiger partial charge in [0.1, 0.15) is 11.5 Å². The third-order valence-corrected chi connectivity index (χ3v) is 7.19. The molecule has 1 amide bonds. The second-order valence-electron chi connectivity index (χ2n) is 7.60. The van der Waals surface area contributed by atoms with Crippen molar-refractivity contribution in [3.63, 3.8) is 0 Å². The molecule has 1 saturated heterocycles. The molecule has 2 heterocycles. The number of ether oxygens (including phenoxy) is 4. The largest absolute Gasteiger partial charge is 0.497 e. The van der Waals surface area contributed by atoms with Crippen LogP contribution in [-0.2, 0) is 10.5 Å². The minimum atomic E-state index is -1.62. The molecular weight excluding hydrogens is 444 g/mol. The van der Waals surface area contributed by atoms with Crippen LogP contribution < -0.4 is 18.9 Å². The smallest absolute Gasteiger partial charge is 0.231 e. The molecule has 0 saturated carbocycles. The molecule has 1 fully saturated rings. The van der Waals surface area contributed by atoms with Gasteiger partial charge in [-0.25, -0.2) is 0 Å². The lowest BCUT2D eigenvalue weighted by Crippen LogP contribution is -2.48. The Morgan fingerprint density at radius 2 is 1.73 bits per heavy atom. The highest BCUT2D eigenvalue weighted by Gasteiger charge is 2.52. The number of thioether (sulfide) groups is 1. The van der Waals surface area contributed by atoms with E-state index in [0.29, 0.717) is 44.7 Å². The van der Waals surface area contributed by atoms with Gasteiger partial charge in [-0.15, -0.1) is 11.8 Å². The van der Waals surface area contributed by atoms with Gasteiger partial charge in [-0.05, 0) is 30.3 Å². The molecule has 2 aliphatic heterocycles. The van der Waals surface area contributed by atoms with Gasteiger partial charge in [0.25, 0.3) is 0 Å². The molecule has 33 heavy (non-hydrogen) atoms. The molecule has 2 aromatic carbocycles. The SMILES string of the molecule is COc1ccc(OC)c(C2CC(=O)N3C(=C2C#N)SCC3(O)c2ccc(OC)c(OC)c2)c1. The Kier molecular flexibility index (Phi) is 6.15. The van der Waals surface area contributed by atoms with E-state index in [4.69, 9.17) is 18.9 Å². The molecule has 0 bridgehead atoms. The van der Waals surface area contributed by atoms with Crippen molar-refractivity contribution in [2.24, 2.45) is 0 Å². The normalized spacial score (nSPS) is 22.0. The van der Waals surface area contributed by atoms with Gasteiger partial charge in [-0.2, -0.15) is 5.26 Å². The lowest BCUT2D eigenvalue weighted by Gasteiger charge is -2.38. The lowest BCUT2D eigenvalue weighted by atomic mass is 9.84. The maximum atomic E-state index is 13.4. The Morgan fingerprint density at radius 1 is 1.03 bits per heavy atom. The number of hydrogen-bond donors (Lipinski definition) is 1. The lowest BCUT2D eigenvalue weighted by molar-refractivity contribution is -0.149. The van der Waals surface area contributed by atoms with E-state index in [9.17, 15) is 15.2 Å². The molecule has 4 rings (SSSR count). The summed E-state index contributed by atoms with van der Waals surface area (Å²) < 4.78 is 21.5. The summed E-state index contributed by atoms with van der Waals surface area (Å²) in [6, 6.07) is 12.6. The van der Waals surface area contributed by atoms with Crippen molar-refractivity contribution in [3.05, 3.63) is 58.1 Å². The van der Waals surface area contributed by atoms with Crippen LogP contribution in [-0.4, -0.2) is 50.1 Å². The van der Waals surface area contributed by atoms with E-state index in [1.807, 2.05) is 0 Å². The van der Waals surface area contributed by atoms with Crippen molar-refractivity contribution in [1.29, 1.82) is 5.26 Å². The molecule has 0 spiro atoms. The van der Waals surface area contributed by atoms with Crippen molar-refractivity contribution < 1.29 is 28.8 Å². The second kappa shape index (κ2) is 8.89. The van der Waals surface area contributed by atoms with Gasteiger partial charge in [0, 0.05) is 23.5 Å². The van der Waals surface area contributed by atoms with Gasteiger partial charge in [0.15, 0.2) is 17.2 Å². The van der Waals surface area contributed by atoms with Gasteiger partial charge in [0.2, 0.25) is 5.91 Å². The Balaban J connectivity index is 1.82. The van der Waals surface area contributed by atoms with Crippen LogP contribution >= 0.6 is 11.8 Å². The van der Waals surface area contributed by atoms with Crippen molar-refractivity contribution in [2.75, 3.05) is 34.2 Å². The first-order chi connectivity index (χ1) is 15.9. The molecule has 172 valence electrons. The first kappa shape index (κ1) is 22.8. The number of methoxy groups -OCH3 is 4. The maximum absolute atomic E-state index is 13.4. The summed E-state index contributed by atoms with van der Waals surface area (Å²) in [4.78, 5) is 14.8. The number of nitrogens with zero attached hydrogens (tertiary/aromatic N) is 2. The van der Waals surface area contributed by atoms with Gasteiger partial charge in [-0.3, -0.25) is 9.69 Å². The first-order valence-electron chi connectivity index (χ1n) is 10.2. The molecule has 0 aliphatic carbocycles. The fourth-order valence-corrected chi connectivity index (χ4v) is 5.66. The minimum Gasteiger partial charge on any atom is -0.497 e. The third-order valence-electron chi connectivity index (χ3n) is 5.97. The van der Waals surface area contributed by atoms with Crippen LogP contribution in [0.25, 0.3) is 0 Å². The van der Waals surface area contributed by atoms with Crippen molar-refractivity contribution in [3.8, 4) is 29.1 Å². The van der Waals surface area contributed by atoms with E-state index in [2.05, 4.69) is 6.07 Å². The second-order valence-corrected chi connectivity index (χ2v) is 8.56.